The van der Waals surface area contributed by atoms with Crippen molar-refractivity contribution < 1.29 is 8.78 Å². The molecule has 4 aromatic rings. The summed E-state index contributed by atoms with van der Waals surface area (Å²) in [5, 5.41) is 0. The van der Waals surface area contributed by atoms with E-state index >= 15 is 0 Å². The number of rotatable bonds is 3. The van der Waals surface area contributed by atoms with Crippen molar-refractivity contribution in [1.82, 2.24) is 18.9 Å². The van der Waals surface area contributed by atoms with Crippen LogP contribution in [0.5, 0.6) is 0 Å². The Bertz CT molecular complexity index is 1210. The van der Waals surface area contributed by atoms with Crippen LogP contribution in [0.3, 0.4) is 0 Å². The van der Waals surface area contributed by atoms with E-state index in [4.69, 9.17) is 0 Å². The molecule has 7 heteroatoms. The van der Waals surface area contributed by atoms with Crippen LogP contribution in [0.1, 0.15) is 19.9 Å². The molecule has 0 radical (unpaired) electrons. The van der Waals surface area contributed by atoms with Crippen molar-refractivity contribution in [3.8, 4) is 22.5 Å². The number of hydrogen-bond donors (Lipinski definition) is 0. The molecule has 5 nitrogen and oxygen atoms in total. The van der Waals surface area contributed by atoms with Crippen LogP contribution in [0.2, 0.25) is 0 Å². The Hall–Kier alpha value is -3.35. The fourth-order valence-electron chi connectivity index (χ4n) is 3.08. The first-order chi connectivity index (χ1) is 13.0. The van der Waals surface area contributed by atoms with Gasteiger partial charge in [-0.1, -0.05) is 0 Å². The molecule has 0 spiro atoms. The Morgan fingerprint density at radius 2 is 1.93 bits per heavy atom. The molecular weight excluding hydrogens is 350 g/mol. The zero-order valence-electron chi connectivity index (χ0n) is 14.7. The Morgan fingerprint density at radius 3 is 2.67 bits per heavy atom. The highest BCUT2D eigenvalue weighted by Gasteiger charge is 2.20. The molecule has 0 amide bonds. The topological polar surface area (TPSA) is 52.2 Å². The van der Waals surface area contributed by atoms with Crippen LogP contribution in [0, 0.1) is 11.6 Å². The molecule has 0 N–H and O–H groups in total. The molecule has 136 valence electrons. The molecule has 4 rings (SSSR count). The van der Waals surface area contributed by atoms with Gasteiger partial charge in [0, 0.05) is 47.9 Å². The molecule has 0 aliphatic carbocycles. The lowest BCUT2D eigenvalue weighted by molar-refractivity contribution is 0.579. The summed E-state index contributed by atoms with van der Waals surface area (Å²) < 4.78 is 31.1. The average molecular weight is 366 g/mol. The summed E-state index contributed by atoms with van der Waals surface area (Å²) in [5.74, 6) is -0.988. The van der Waals surface area contributed by atoms with Crippen molar-refractivity contribution >= 4 is 5.78 Å². The first-order valence-electron chi connectivity index (χ1n) is 8.47. The molecule has 0 fully saturated rings. The Kier molecular flexibility index (Phi) is 4.07. The molecule has 0 bridgehead atoms. The molecular formula is C20H16F2N4O. The lowest BCUT2D eigenvalue weighted by atomic mass is 10.1. The summed E-state index contributed by atoms with van der Waals surface area (Å²) >= 11 is 0. The number of halogens is 2. The summed E-state index contributed by atoms with van der Waals surface area (Å²) in [6.45, 7) is 3.81. The molecule has 0 saturated heterocycles. The van der Waals surface area contributed by atoms with E-state index in [0.717, 1.165) is 6.07 Å². The van der Waals surface area contributed by atoms with Crippen LogP contribution in [-0.4, -0.2) is 18.9 Å². The Morgan fingerprint density at radius 1 is 1.11 bits per heavy atom. The van der Waals surface area contributed by atoms with Crippen molar-refractivity contribution in [2.45, 2.75) is 19.9 Å². The monoisotopic (exact) mass is 366 g/mol. The van der Waals surface area contributed by atoms with Gasteiger partial charge in [0.2, 0.25) is 5.78 Å². The number of benzene rings is 1. The van der Waals surface area contributed by atoms with Crippen LogP contribution in [0.4, 0.5) is 8.78 Å². The lowest BCUT2D eigenvalue weighted by Crippen LogP contribution is -2.20. The molecule has 1 aromatic carbocycles. The zero-order chi connectivity index (χ0) is 19.1. The fraction of sp³-hybridized carbons (Fsp3) is 0.150. The lowest BCUT2D eigenvalue weighted by Gasteiger charge is -2.12. The van der Waals surface area contributed by atoms with E-state index < -0.39 is 11.6 Å². The van der Waals surface area contributed by atoms with Gasteiger partial charge in [0.1, 0.15) is 17.3 Å². The van der Waals surface area contributed by atoms with E-state index in [1.807, 2.05) is 13.8 Å². The number of pyridine rings is 1. The number of hydrogen-bond acceptors (Lipinski definition) is 3. The molecule has 0 aliphatic rings. The van der Waals surface area contributed by atoms with Crippen molar-refractivity contribution in [3.63, 3.8) is 0 Å². The molecule has 0 aliphatic heterocycles. The smallest absolute Gasteiger partial charge is 0.250 e. The summed E-state index contributed by atoms with van der Waals surface area (Å²) in [6.07, 6.45) is 5.07. The highest BCUT2D eigenvalue weighted by atomic mass is 19.1. The largest absolute Gasteiger partial charge is 0.312 e. The van der Waals surface area contributed by atoms with Gasteiger partial charge in [-0.15, -0.1) is 0 Å². The normalized spacial score (nSPS) is 11.4. The Balaban J connectivity index is 2.05. The SMILES string of the molecule is CC(C)n1cc(-c2c(-c3ccc(F)cc3F)nc3ncccn23)ccc1=O. The van der Waals surface area contributed by atoms with Gasteiger partial charge in [0.25, 0.3) is 5.56 Å². The van der Waals surface area contributed by atoms with Gasteiger partial charge in [-0.05, 0) is 38.1 Å². The third-order valence-corrected chi connectivity index (χ3v) is 4.36. The van der Waals surface area contributed by atoms with Gasteiger partial charge in [0.15, 0.2) is 0 Å². The maximum atomic E-state index is 14.5. The van der Waals surface area contributed by atoms with Crippen molar-refractivity contribution in [2.75, 3.05) is 0 Å². The van der Waals surface area contributed by atoms with Gasteiger partial charge in [0.05, 0.1) is 5.69 Å². The number of aromatic nitrogens is 4. The summed E-state index contributed by atoms with van der Waals surface area (Å²) in [5.41, 5.74) is 1.63. The third kappa shape index (κ3) is 2.91. The zero-order valence-corrected chi connectivity index (χ0v) is 14.7. The van der Waals surface area contributed by atoms with Gasteiger partial charge in [-0.2, -0.15) is 0 Å². The number of imidazole rings is 1. The minimum absolute atomic E-state index is 0.0410. The highest BCUT2D eigenvalue weighted by molar-refractivity contribution is 5.81. The minimum atomic E-state index is -0.711. The van der Waals surface area contributed by atoms with Gasteiger partial charge in [-0.3, -0.25) is 9.20 Å². The molecule has 3 heterocycles. The van der Waals surface area contributed by atoms with Crippen LogP contribution in [-0.2, 0) is 0 Å². The third-order valence-electron chi connectivity index (χ3n) is 4.36. The molecule has 27 heavy (non-hydrogen) atoms. The van der Waals surface area contributed by atoms with E-state index in [-0.39, 0.29) is 17.2 Å². The quantitative estimate of drug-likeness (QED) is 0.549. The van der Waals surface area contributed by atoms with E-state index in [0.29, 0.717) is 22.7 Å². The van der Waals surface area contributed by atoms with Gasteiger partial charge >= 0.3 is 0 Å². The van der Waals surface area contributed by atoms with E-state index in [9.17, 15) is 13.6 Å². The predicted molar refractivity (Wildman–Crippen MR) is 98.4 cm³/mol. The maximum absolute atomic E-state index is 14.5. The molecule has 3 aromatic heterocycles. The van der Waals surface area contributed by atoms with Gasteiger partial charge < -0.3 is 4.57 Å². The van der Waals surface area contributed by atoms with E-state index in [2.05, 4.69) is 9.97 Å². The van der Waals surface area contributed by atoms with Crippen molar-refractivity contribution in [2.24, 2.45) is 0 Å². The Labute approximate surface area is 153 Å². The van der Waals surface area contributed by atoms with E-state index in [1.165, 1.54) is 18.2 Å². The maximum Gasteiger partial charge on any atom is 0.250 e. The second-order valence-corrected chi connectivity index (χ2v) is 6.48. The number of nitrogens with zero attached hydrogens (tertiary/aromatic N) is 4. The van der Waals surface area contributed by atoms with Gasteiger partial charge in [-0.25, -0.2) is 18.7 Å². The first kappa shape index (κ1) is 17.1. The predicted octanol–water partition coefficient (Wildman–Crippen LogP) is 4.08. The standard InChI is InChI=1S/C20H16F2N4O/c1-12(2)26-11-13(4-7-17(26)27)19-18(15-6-5-14(21)10-16(15)22)24-20-23-8-3-9-25(19)20/h3-12H,1-2H3. The molecule has 0 saturated carbocycles. The van der Waals surface area contributed by atoms with Crippen LogP contribution in [0.15, 0.2) is 59.8 Å². The van der Waals surface area contributed by atoms with Crippen LogP contribution in [0.25, 0.3) is 28.3 Å². The second kappa shape index (κ2) is 6.42. The van der Waals surface area contributed by atoms with Crippen molar-refractivity contribution in [3.05, 3.63) is 77.0 Å². The minimum Gasteiger partial charge on any atom is -0.312 e. The summed E-state index contributed by atoms with van der Waals surface area (Å²) in [4.78, 5) is 20.8. The second-order valence-electron chi connectivity index (χ2n) is 6.48. The fourth-order valence-corrected chi connectivity index (χ4v) is 3.08. The first-order valence-corrected chi connectivity index (χ1v) is 8.47. The molecule has 0 unspecified atom stereocenters. The molecule has 0 atom stereocenters. The van der Waals surface area contributed by atoms with E-state index in [1.54, 1.807) is 39.7 Å². The summed E-state index contributed by atoms with van der Waals surface area (Å²) in [7, 11) is 0. The summed E-state index contributed by atoms with van der Waals surface area (Å²) in [6, 6.07) is 8.20. The number of fused-ring (bicyclic) bond motifs is 1. The average Bonchev–Trinajstić information content (AvgIpc) is 3.01. The van der Waals surface area contributed by atoms with Crippen molar-refractivity contribution in [1.29, 1.82) is 0 Å². The van der Waals surface area contributed by atoms with Crippen LogP contribution >= 0.6 is 0 Å². The highest BCUT2D eigenvalue weighted by Crippen LogP contribution is 2.33. The van der Waals surface area contributed by atoms with Crippen LogP contribution < -0.4 is 5.56 Å².